The van der Waals surface area contributed by atoms with Crippen LogP contribution in [0.5, 0.6) is 0 Å². The molecule has 222 valence electrons. The molecule has 3 heterocycles. The lowest BCUT2D eigenvalue weighted by molar-refractivity contribution is 0.0600. The molecule has 0 aliphatic carbocycles. The number of unbranched alkanes of at least 4 members (excludes halogenated alkanes) is 6. The molecule has 11 nitrogen and oxygen atoms in total. The van der Waals surface area contributed by atoms with Gasteiger partial charge in [-0.25, -0.2) is 9.59 Å². The molecule has 4 rings (SSSR count). The van der Waals surface area contributed by atoms with E-state index in [0.717, 1.165) is 35.9 Å². The fourth-order valence-corrected chi connectivity index (χ4v) is 5.24. The van der Waals surface area contributed by atoms with Gasteiger partial charge < -0.3 is 23.8 Å². The van der Waals surface area contributed by atoms with Gasteiger partial charge in [-0.15, -0.1) is 4.99 Å². The number of rotatable bonds is 10. The molecule has 1 unspecified atom stereocenters. The first-order valence-corrected chi connectivity index (χ1v) is 14.7. The van der Waals surface area contributed by atoms with Gasteiger partial charge in [-0.05, 0) is 46.1 Å². The van der Waals surface area contributed by atoms with Gasteiger partial charge in [-0.2, -0.15) is 4.98 Å². The van der Waals surface area contributed by atoms with Crippen LogP contribution in [0.3, 0.4) is 0 Å². The number of hydrogen-bond acceptors (Lipinski definition) is 6. The molecule has 1 aliphatic heterocycles. The summed E-state index contributed by atoms with van der Waals surface area (Å²) < 4.78 is 13.3. The molecule has 11 heteroatoms. The number of ether oxygens (including phenoxy) is 1. The highest BCUT2D eigenvalue weighted by atomic mass is 16.6. The molecular weight excluding hydrogens is 524 g/mol. The van der Waals surface area contributed by atoms with Crippen LogP contribution in [-0.2, 0) is 11.3 Å². The van der Waals surface area contributed by atoms with Gasteiger partial charge in [0.1, 0.15) is 11.6 Å². The lowest BCUT2D eigenvalue weighted by atomic mass is 10.1. The Labute approximate surface area is 241 Å². The van der Waals surface area contributed by atoms with Gasteiger partial charge in [0.25, 0.3) is 0 Å². The number of nitrogens with zero attached hydrogens (tertiary/aromatic N) is 5. The number of likely N-dealkylation sites (tertiary alicyclic amines) is 1. The second kappa shape index (κ2) is 13.6. The number of aromatic nitrogens is 3. The number of carbonyl (C=O) groups excluding carboxylic acids is 1. The van der Waals surface area contributed by atoms with E-state index in [9.17, 15) is 14.7 Å². The Balaban J connectivity index is 1.53. The van der Waals surface area contributed by atoms with Crippen LogP contribution in [0, 0.1) is 0 Å². The SMILES string of the molecule is CCCCCCCCCn1cc(-c2noc(C3CCCN3C(=NC(=O)OC(C)(C)C)NC(=O)O)n2)c2ccccc21. The fraction of sp³-hybridized carbons (Fsp3) is 0.567. The minimum atomic E-state index is -1.34. The van der Waals surface area contributed by atoms with Crippen molar-refractivity contribution in [2.45, 2.75) is 104 Å². The molecule has 1 aliphatic rings. The number of nitrogens with one attached hydrogen (secondary N) is 1. The summed E-state index contributed by atoms with van der Waals surface area (Å²) in [5, 5.41) is 17.0. The van der Waals surface area contributed by atoms with Gasteiger partial charge in [-0.3, -0.25) is 5.32 Å². The van der Waals surface area contributed by atoms with Gasteiger partial charge in [0.05, 0.1) is 0 Å². The lowest BCUT2D eigenvalue weighted by Crippen LogP contribution is -2.44. The number of carboxylic acid groups (broad SMARTS) is 1. The normalized spacial score (nSPS) is 16.0. The number of aryl methyl sites for hydroxylation is 1. The van der Waals surface area contributed by atoms with E-state index >= 15 is 0 Å². The first-order valence-electron chi connectivity index (χ1n) is 14.7. The van der Waals surface area contributed by atoms with Crippen molar-refractivity contribution in [2.75, 3.05) is 6.54 Å². The van der Waals surface area contributed by atoms with Crippen LogP contribution in [0.4, 0.5) is 9.59 Å². The minimum absolute atomic E-state index is 0.125. The van der Waals surface area contributed by atoms with Gasteiger partial charge in [0, 0.05) is 35.8 Å². The van der Waals surface area contributed by atoms with Crippen molar-refractivity contribution in [3.63, 3.8) is 0 Å². The van der Waals surface area contributed by atoms with Gasteiger partial charge in [-0.1, -0.05) is 68.8 Å². The second-order valence-electron chi connectivity index (χ2n) is 11.5. The van der Waals surface area contributed by atoms with Crippen molar-refractivity contribution < 1.29 is 24.0 Å². The Kier molecular flexibility index (Phi) is 10.0. The molecule has 2 N–H and O–H groups in total. The number of fused-ring (bicyclic) bond motifs is 1. The average Bonchev–Trinajstić information content (AvgIpc) is 3.65. The van der Waals surface area contributed by atoms with E-state index in [1.54, 1.807) is 25.7 Å². The van der Waals surface area contributed by atoms with Crippen molar-refractivity contribution >= 4 is 29.0 Å². The summed E-state index contributed by atoms with van der Waals surface area (Å²) in [5.74, 6) is 0.684. The first-order chi connectivity index (χ1) is 19.7. The second-order valence-corrected chi connectivity index (χ2v) is 11.5. The van der Waals surface area contributed by atoms with Crippen LogP contribution in [0.1, 0.15) is 97.4 Å². The molecule has 3 aromatic rings. The molecule has 1 aromatic carbocycles. The zero-order chi connectivity index (χ0) is 29.4. The standard InChI is InChI=1S/C30H42N6O5/c1-5-6-7-8-9-10-13-18-35-20-22(21-15-11-12-16-23(21)35)25-31-26(41-34-25)24-17-14-19-36(24)27(32-28(37)38)33-29(39)40-30(2,3)4/h11-12,15-16,20,24H,5-10,13-14,17-19H2,1-4H3,(H,37,38)(H,32,33,39). The zero-order valence-electron chi connectivity index (χ0n) is 24.6. The summed E-state index contributed by atoms with van der Waals surface area (Å²) in [6.45, 7) is 8.77. The van der Waals surface area contributed by atoms with E-state index in [0.29, 0.717) is 24.7 Å². The van der Waals surface area contributed by atoms with Crippen LogP contribution < -0.4 is 5.32 Å². The lowest BCUT2D eigenvalue weighted by Gasteiger charge is -2.25. The maximum atomic E-state index is 12.4. The number of hydrogen-bond donors (Lipinski definition) is 2. The highest BCUT2D eigenvalue weighted by Gasteiger charge is 2.35. The molecule has 1 saturated heterocycles. The molecule has 1 atom stereocenters. The van der Waals surface area contributed by atoms with Gasteiger partial charge >= 0.3 is 12.2 Å². The maximum absolute atomic E-state index is 12.4. The predicted octanol–water partition coefficient (Wildman–Crippen LogP) is 7.14. The van der Waals surface area contributed by atoms with Crippen molar-refractivity contribution in [1.82, 2.24) is 24.9 Å². The monoisotopic (exact) mass is 566 g/mol. The average molecular weight is 567 g/mol. The Hall–Kier alpha value is -3.89. The number of carbonyl (C=O) groups is 2. The smallest absolute Gasteiger partial charge is 0.437 e. The quantitative estimate of drug-likeness (QED) is 0.150. The van der Waals surface area contributed by atoms with Crippen molar-refractivity contribution in [3.8, 4) is 11.4 Å². The molecule has 2 amide bonds. The molecule has 0 saturated carbocycles. The molecule has 41 heavy (non-hydrogen) atoms. The summed E-state index contributed by atoms with van der Waals surface area (Å²) >= 11 is 0. The topological polar surface area (TPSA) is 135 Å². The van der Waals surface area contributed by atoms with E-state index in [-0.39, 0.29) is 5.96 Å². The number of benzene rings is 1. The van der Waals surface area contributed by atoms with E-state index in [4.69, 9.17) is 14.2 Å². The first kappa shape index (κ1) is 30.1. The number of amides is 2. The highest BCUT2D eigenvalue weighted by molar-refractivity contribution is 5.98. The number of guanidine groups is 1. The fourth-order valence-electron chi connectivity index (χ4n) is 5.24. The number of para-hydroxylation sites is 1. The van der Waals surface area contributed by atoms with Gasteiger partial charge in [0.2, 0.25) is 17.7 Å². The van der Waals surface area contributed by atoms with E-state index < -0.39 is 23.8 Å². The summed E-state index contributed by atoms with van der Waals surface area (Å²) in [6.07, 6.45) is 9.98. The van der Waals surface area contributed by atoms with Crippen molar-refractivity contribution in [1.29, 1.82) is 0 Å². The van der Waals surface area contributed by atoms with Crippen molar-refractivity contribution in [2.24, 2.45) is 4.99 Å². The Morgan fingerprint density at radius 1 is 1.15 bits per heavy atom. The van der Waals surface area contributed by atoms with Crippen LogP contribution >= 0.6 is 0 Å². The third-order valence-corrected chi connectivity index (χ3v) is 7.09. The Bertz CT molecular complexity index is 1350. The highest BCUT2D eigenvalue weighted by Crippen LogP contribution is 2.34. The summed E-state index contributed by atoms with van der Waals surface area (Å²) in [6, 6.07) is 7.76. The molecule has 0 spiro atoms. The zero-order valence-corrected chi connectivity index (χ0v) is 24.6. The predicted molar refractivity (Wildman–Crippen MR) is 157 cm³/mol. The third-order valence-electron chi connectivity index (χ3n) is 7.09. The van der Waals surface area contributed by atoms with E-state index in [2.05, 4.69) is 45.3 Å². The van der Waals surface area contributed by atoms with Crippen LogP contribution in [0.25, 0.3) is 22.3 Å². The molecule has 0 radical (unpaired) electrons. The van der Waals surface area contributed by atoms with Crippen LogP contribution in [0.2, 0.25) is 0 Å². The number of aliphatic imine (C=N–C) groups is 1. The van der Waals surface area contributed by atoms with Crippen LogP contribution in [-0.4, -0.2) is 55.0 Å². The third kappa shape index (κ3) is 8.08. The summed E-state index contributed by atoms with van der Waals surface area (Å²) in [5.41, 5.74) is 1.24. The Morgan fingerprint density at radius 2 is 1.88 bits per heavy atom. The molecule has 1 fully saturated rings. The molecule has 0 bridgehead atoms. The van der Waals surface area contributed by atoms with E-state index in [1.807, 2.05) is 12.1 Å². The largest absolute Gasteiger partial charge is 0.465 e. The van der Waals surface area contributed by atoms with Crippen LogP contribution in [0.15, 0.2) is 40.0 Å². The van der Waals surface area contributed by atoms with E-state index in [1.165, 1.54) is 38.5 Å². The summed E-state index contributed by atoms with van der Waals surface area (Å²) in [7, 11) is 0. The molecule has 2 aromatic heterocycles. The minimum Gasteiger partial charge on any atom is -0.465 e. The molecular formula is C30H42N6O5. The van der Waals surface area contributed by atoms with Crippen molar-refractivity contribution in [3.05, 3.63) is 36.4 Å². The maximum Gasteiger partial charge on any atom is 0.437 e. The Morgan fingerprint density at radius 3 is 2.61 bits per heavy atom. The van der Waals surface area contributed by atoms with Gasteiger partial charge in [0.15, 0.2) is 0 Å². The summed E-state index contributed by atoms with van der Waals surface area (Å²) in [4.78, 5) is 34.2.